The molecule has 0 spiro atoms. The third-order valence-corrected chi connectivity index (χ3v) is 4.04. The first-order chi connectivity index (χ1) is 11.8. The van der Waals surface area contributed by atoms with Gasteiger partial charge in [0.25, 0.3) is 0 Å². The number of aromatic amines is 1. The Morgan fingerprint density at radius 1 is 1.16 bits per heavy atom. The predicted molar refractivity (Wildman–Crippen MR) is 91.0 cm³/mol. The van der Waals surface area contributed by atoms with Gasteiger partial charge in [-0.25, -0.2) is 9.97 Å². The predicted octanol–water partition coefficient (Wildman–Crippen LogP) is 5.50. The van der Waals surface area contributed by atoms with Gasteiger partial charge < -0.3 is 10.3 Å². The molecule has 3 aromatic rings. The molecule has 4 nitrogen and oxygen atoms in total. The van der Waals surface area contributed by atoms with E-state index in [0.29, 0.717) is 5.69 Å². The first-order valence-corrected chi connectivity index (χ1v) is 7.75. The summed E-state index contributed by atoms with van der Waals surface area (Å²) in [4.78, 5) is 11.6. The Morgan fingerprint density at radius 2 is 1.92 bits per heavy atom. The Kier molecular flexibility index (Phi) is 4.43. The Balaban J connectivity index is 1.94. The van der Waals surface area contributed by atoms with Gasteiger partial charge in [0.2, 0.25) is 5.95 Å². The molecule has 0 aliphatic rings. The van der Waals surface area contributed by atoms with E-state index in [4.69, 9.17) is 11.6 Å². The van der Waals surface area contributed by atoms with E-state index in [1.165, 1.54) is 12.1 Å². The van der Waals surface area contributed by atoms with Gasteiger partial charge >= 0.3 is 6.18 Å². The minimum atomic E-state index is -4.53. The number of nitrogens with one attached hydrogen (secondary N) is 2. The fourth-order valence-electron chi connectivity index (χ4n) is 2.56. The van der Waals surface area contributed by atoms with Crippen molar-refractivity contribution in [2.45, 2.75) is 20.0 Å². The van der Waals surface area contributed by atoms with Crippen LogP contribution >= 0.6 is 11.6 Å². The van der Waals surface area contributed by atoms with E-state index in [9.17, 15) is 13.2 Å². The van der Waals surface area contributed by atoms with Crippen LogP contribution in [0.5, 0.6) is 0 Å². The lowest BCUT2D eigenvalue weighted by atomic mass is 10.1. The molecule has 2 heterocycles. The first-order valence-electron chi connectivity index (χ1n) is 7.37. The lowest BCUT2D eigenvalue weighted by Crippen LogP contribution is -2.07. The maximum absolute atomic E-state index is 13.0. The Hall–Kier alpha value is -2.54. The summed E-state index contributed by atoms with van der Waals surface area (Å²) < 4.78 is 38.9. The van der Waals surface area contributed by atoms with Crippen molar-refractivity contribution in [3.8, 4) is 11.3 Å². The highest BCUT2D eigenvalue weighted by Crippen LogP contribution is 2.36. The van der Waals surface area contributed by atoms with Crippen LogP contribution in [0.3, 0.4) is 0 Å². The van der Waals surface area contributed by atoms with Gasteiger partial charge in [0.05, 0.1) is 16.3 Å². The van der Waals surface area contributed by atoms with Gasteiger partial charge in [-0.05, 0) is 43.7 Å². The molecule has 130 valence electrons. The number of alkyl halides is 3. The molecule has 0 amide bonds. The molecule has 0 unspecified atom stereocenters. The molecule has 0 atom stereocenters. The van der Waals surface area contributed by atoms with Crippen LogP contribution in [0.25, 0.3) is 11.3 Å². The van der Waals surface area contributed by atoms with Crippen LogP contribution in [0.15, 0.2) is 36.7 Å². The van der Waals surface area contributed by atoms with Gasteiger partial charge in [-0.1, -0.05) is 11.6 Å². The molecule has 0 aliphatic heterocycles. The molecule has 25 heavy (non-hydrogen) atoms. The number of nitrogens with zero attached hydrogens (tertiary/aromatic N) is 2. The van der Waals surface area contributed by atoms with Crippen molar-refractivity contribution < 1.29 is 13.2 Å². The second-order valence-electron chi connectivity index (χ2n) is 5.55. The summed E-state index contributed by atoms with van der Waals surface area (Å²) in [6, 6.07) is 5.32. The zero-order chi connectivity index (χ0) is 18.2. The van der Waals surface area contributed by atoms with Crippen LogP contribution in [0, 0.1) is 13.8 Å². The minimum absolute atomic E-state index is 0.202. The van der Waals surface area contributed by atoms with E-state index in [-0.39, 0.29) is 16.7 Å². The number of hydrogen-bond acceptors (Lipinski definition) is 3. The van der Waals surface area contributed by atoms with Crippen LogP contribution in [-0.4, -0.2) is 15.0 Å². The molecular weight excluding hydrogens is 353 g/mol. The van der Waals surface area contributed by atoms with Gasteiger partial charge in [-0.3, -0.25) is 0 Å². The number of aryl methyl sites for hydroxylation is 2. The van der Waals surface area contributed by atoms with Gasteiger partial charge in [0.15, 0.2) is 0 Å². The molecular formula is C17H14ClF3N4. The van der Waals surface area contributed by atoms with Crippen molar-refractivity contribution >= 4 is 23.2 Å². The summed E-state index contributed by atoms with van der Waals surface area (Å²) >= 11 is 5.63. The third-order valence-electron chi connectivity index (χ3n) is 3.71. The van der Waals surface area contributed by atoms with E-state index >= 15 is 0 Å². The number of rotatable bonds is 3. The normalized spacial score (nSPS) is 11.6. The largest absolute Gasteiger partial charge is 0.417 e. The van der Waals surface area contributed by atoms with E-state index in [2.05, 4.69) is 20.3 Å². The van der Waals surface area contributed by atoms with E-state index < -0.39 is 11.7 Å². The molecule has 0 fully saturated rings. The van der Waals surface area contributed by atoms with Gasteiger partial charge in [-0.15, -0.1) is 0 Å². The second-order valence-corrected chi connectivity index (χ2v) is 5.96. The van der Waals surface area contributed by atoms with Crippen molar-refractivity contribution in [2.75, 3.05) is 5.32 Å². The van der Waals surface area contributed by atoms with Crippen molar-refractivity contribution in [1.29, 1.82) is 0 Å². The zero-order valence-electron chi connectivity index (χ0n) is 13.4. The molecule has 3 rings (SSSR count). The maximum Gasteiger partial charge on any atom is 0.417 e. The second kappa shape index (κ2) is 6.40. The number of benzene rings is 1. The number of halogens is 4. The number of hydrogen-bond donors (Lipinski definition) is 2. The fraction of sp³-hybridized carbons (Fsp3) is 0.176. The smallest absolute Gasteiger partial charge is 0.364 e. The molecule has 0 radical (unpaired) electrons. The topological polar surface area (TPSA) is 53.6 Å². The molecule has 2 N–H and O–H groups in total. The highest BCUT2D eigenvalue weighted by molar-refractivity contribution is 6.31. The number of anilines is 2. The van der Waals surface area contributed by atoms with Gasteiger partial charge in [0.1, 0.15) is 0 Å². The summed E-state index contributed by atoms with van der Waals surface area (Å²) in [6.45, 7) is 3.87. The summed E-state index contributed by atoms with van der Waals surface area (Å²) in [5.41, 5.74) is 2.89. The Bertz CT molecular complexity index is 899. The monoisotopic (exact) mass is 366 g/mol. The third kappa shape index (κ3) is 3.61. The van der Waals surface area contributed by atoms with E-state index in [1.807, 2.05) is 20.0 Å². The molecule has 1 aromatic carbocycles. The van der Waals surface area contributed by atoms with Gasteiger partial charge in [0, 0.05) is 29.3 Å². The highest BCUT2D eigenvalue weighted by atomic mass is 35.5. The van der Waals surface area contributed by atoms with Crippen LogP contribution in [-0.2, 0) is 6.18 Å². The number of H-pyrrole nitrogens is 1. The SMILES string of the molecule is Cc1c[nH]c(C)c1-c1ccnc(Nc2ccc(Cl)c(C(F)(F)F)c2)n1. The highest BCUT2D eigenvalue weighted by Gasteiger charge is 2.33. The Morgan fingerprint density at radius 3 is 2.56 bits per heavy atom. The van der Waals surface area contributed by atoms with Crippen LogP contribution < -0.4 is 5.32 Å². The van der Waals surface area contributed by atoms with Crippen molar-refractivity contribution in [3.05, 3.63) is 58.5 Å². The summed E-state index contributed by atoms with van der Waals surface area (Å²) in [7, 11) is 0. The van der Waals surface area contributed by atoms with Crippen LogP contribution in [0.2, 0.25) is 5.02 Å². The first kappa shape index (κ1) is 17.3. The number of aromatic nitrogens is 3. The Labute approximate surface area is 147 Å². The minimum Gasteiger partial charge on any atom is -0.364 e. The van der Waals surface area contributed by atoms with E-state index in [0.717, 1.165) is 22.9 Å². The summed E-state index contributed by atoms with van der Waals surface area (Å²) in [6.07, 6.45) is -1.11. The average Bonchev–Trinajstić information content (AvgIpc) is 2.87. The summed E-state index contributed by atoms with van der Waals surface area (Å²) in [5.74, 6) is 0.202. The quantitative estimate of drug-likeness (QED) is 0.643. The summed E-state index contributed by atoms with van der Waals surface area (Å²) in [5, 5.41) is 2.44. The molecule has 0 saturated heterocycles. The van der Waals surface area contributed by atoms with Crippen LogP contribution in [0.4, 0.5) is 24.8 Å². The lowest BCUT2D eigenvalue weighted by molar-refractivity contribution is -0.137. The zero-order valence-corrected chi connectivity index (χ0v) is 14.1. The molecule has 0 bridgehead atoms. The van der Waals surface area contributed by atoms with Crippen LogP contribution in [0.1, 0.15) is 16.8 Å². The van der Waals surface area contributed by atoms with Crippen molar-refractivity contribution in [1.82, 2.24) is 15.0 Å². The standard InChI is InChI=1S/C17H14ClF3N4/c1-9-8-23-10(2)15(9)14-5-6-22-16(25-14)24-11-3-4-13(18)12(7-11)17(19,20)21/h3-8,23H,1-2H3,(H,22,24,25). The molecule has 8 heteroatoms. The molecule has 2 aromatic heterocycles. The molecule has 0 aliphatic carbocycles. The van der Waals surface area contributed by atoms with Crippen molar-refractivity contribution in [2.24, 2.45) is 0 Å². The average molecular weight is 367 g/mol. The molecule has 0 saturated carbocycles. The maximum atomic E-state index is 13.0. The van der Waals surface area contributed by atoms with E-state index in [1.54, 1.807) is 12.3 Å². The fourth-order valence-corrected chi connectivity index (χ4v) is 2.78. The van der Waals surface area contributed by atoms with Crippen molar-refractivity contribution in [3.63, 3.8) is 0 Å². The lowest BCUT2D eigenvalue weighted by Gasteiger charge is -2.12. The van der Waals surface area contributed by atoms with Gasteiger partial charge in [-0.2, -0.15) is 13.2 Å².